The van der Waals surface area contributed by atoms with Crippen LogP contribution in [0.15, 0.2) is 54.9 Å². The number of hydrogen-bond donors (Lipinski definition) is 1. The maximum atomic E-state index is 13.3. The van der Waals surface area contributed by atoms with Crippen molar-refractivity contribution in [3.63, 3.8) is 0 Å². The first kappa shape index (κ1) is 24.4. The first-order valence-electron chi connectivity index (χ1n) is 12.7. The Kier molecular flexibility index (Phi) is 7.99. The number of carbonyl (C=O) groups excluding carboxylic acids is 2. The molecule has 2 aliphatic heterocycles. The van der Waals surface area contributed by atoms with Gasteiger partial charge in [-0.2, -0.15) is 0 Å². The fourth-order valence-corrected chi connectivity index (χ4v) is 5.37. The number of likely N-dealkylation sites (tertiary alicyclic amines) is 2. The second kappa shape index (κ2) is 11.1. The SMILES string of the molecule is CC(C)CC(=O)NC(CCN1CCC2(CC1)CCN(Cc1cccnc1)C2=O)c1ccccc1. The molecule has 0 bridgehead atoms. The van der Waals surface area contributed by atoms with E-state index < -0.39 is 0 Å². The first-order chi connectivity index (χ1) is 16.4. The van der Waals surface area contributed by atoms with Crippen molar-refractivity contribution in [3.05, 3.63) is 66.0 Å². The molecule has 2 saturated heterocycles. The van der Waals surface area contributed by atoms with Gasteiger partial charge in [-0.05, 0) is 61.9 Å². The highest BCUT2D eigenvalue weighted by Crippen LogP contribution is 2.42. The molecule has 182 valence electrons. The highest BCUT2D eigenvalue weighted by Gasteiger charge is 2.47. The number of amides is 2. The minimum atomic E-state index is -0.191. The van der Waals surface area contributed by atoms with Crippen molar-refractivity contribution in [2.24, 2.45) is 11.3 Å². The molecule has 3 heterocycles. The quantitative estimate of drug-likeness (QED) is 0.607. The second-order valence-electron chi connectivity index (χ2n) is 10.4. The van der Waals surface area contributed by atoms with Crippen LogP contribution in [0.4, 0.5) is 0 Å². The molecule has 0 aliphatic carbocycles. The summed E-state index contributed by atoms with van der Waals surface area (Å²) in [5, 5.41) is 3.26. The van der Waals surface area contributed by atoms with Gasteiger partial charge in [0.05, 0.1) is 11.5 Å². The summed E-state index contributed by atoms with van der Waals surface area (Å²) in [7, 11) is 0. The van der Waals surface area contributed by atoms with Crippen molar-refractivity contribution in [3.8, 4) is 0 Å². The van der Waals surface area contributed by atoms with Gasteiger partial charge in [-0.15, -0.1) is 0 Å². The highest BCUT2D eigenvalue weighted by molar-refractivity contribution is 5.85. The Balaban J connectivity index is 1.30. The lowest BCUT2D eigenvalue weighted by atomic mass is 9.77. The molecule has 1 spiro atoms. The predicted molar refractivity (Wildman–Crippen MR) is 134 cm³/mol. The molecular formula is C28H38N4O2. The third kappa shape index (κ3) is 6.03. The summed E-state index contributed by atoms with van der Waals surface area (Å²) in [6, 6.07) is 14.3. The van der Waals surface area contributed by atoms with Gasteiger partial charge in [0.15, 0.2) is 0 Å². The van der Waals surface area contributed by atoms with E-state index in [2.05, 4.69) is 41.2 Å². The van der Waals surface area contributed by atoms with Crippen molar-refractivity contribution in [1.29, 1.82) is 0 Å². The normalized spacial score (nSPS) is 19.0. The Morgan fingerprint density at radius 3 is 2.47 bits per heavy atom. The summed E-state index contributed by atoms with van der Waals surface area (Å²) in [6.45, 7) is 8.44. The molecule has 2 aliphatic rings. The number of carbonyl (C=O) groups is 2. The van der Waals surface area contributed by atoms with E-state index in [1.165, 1.54) is 0 Å². The lowest BCUT2D eigenvalue weighted by molar-refractivity contribution is -0.139. The van der Waals surface area contributed by atoms with Crippen LogP contribution in [0.25, 0.3) is 0 Å². The standard InChI is InChI=1S/C28H38N4O2/c1-22(2)19-26(33)30-25(24-8-4-3-5-9-24)10-15-31-16-11-28(12-17-31)13-18-32(27(28)34)21-23-7-6-14-29-20-23/h3-9,14,20,22,25H,10-13,15-19,21H2,1-2H3,(H,30,33). The van der Waals surface area contributed by atoms with Crippen LogP contribution in [0.1, 0.15) is 63.1 Å². The van der Waals surface area contributed by atoms with Crippen LogP contribution in [0.3, 0.4) is 0 Å². The zero-order valence-electron chi connectivity index (χ0n) is 20.6. The number of aromatic nitrogens is 1. The largest absolute Gasteiger partial charge is 0.349 e. The Hall–Kier alpha value is -2.73. The number of benzene rings is 1. The molecule has 0 radical (unpaired) electrons. The van der Waals surface area contributed by atoms with E-state index >= 15 is 0 Å². The molecule has 1 atom stereocenters. The van der Waals surface area contributed by atoms with Crippen LogP contribution < -0.4 is 5.32 Å². The molecule has 1 aromatic heterocycles. The summed E-state index contributed by atoms with van der Waals surface area (Å²) < 4.78 is 0. The van der Waals surface area contributed by atoms with Crippen LogP contribution in [-0.2, 0) is 16.1 Å². The van der Waals surface area contributed by atoms with Crippen molar-refractivity contribution < 1.29 is 9.59 Å². The fourth-order valence-electron chi connectivity index (χ4n) is 5.37. The number of nitrogens with one attached hydrogen (secondary N) is 1. The molecule has 2 aromatic rings. The zero-order valence-corrected chi connectivity index (χ0v) is 20.6. The van der Waals surface area contributed by atoms with E-state index in [0.717, 1.165) is 63.0 Å². The summed E-state index contributed by atoms with van der Waals surface area (Å²) >= 11 is 0. The minimum Gasteiger partial charge on any atom is -0.349 e. The Labute approximate surface area is 203 Å². The van der Waals surface area contributed by atoms with Gasteiger partial charge in [-0.1, -0.05) is 50.2 Å². The molecule has 4 rings (SSSR count). The van der Waals surface area contributed by atoms with Crippen LogP contribution in [-0.4, -0.2) is 52.8 Å². The number of hydrogen-bond acceptors (Lipinski definition) is 4. The maximum Gasteiger partial charge on any atom is 0.229 e. The van der Waals surface area contributed by atoms with Crippen molar-refractivity contribution in [2.75, 3.05) is 26.2 Å². The summed E-state index contributed by atoms with van der Waals surface area (Å²) in [4.78, 5) is 34.4. The third-order valence-corrected chi connectivity index (χ3v) is 7.38. The number of rotatable bonds is 9. The van der Waals surface area contributed by atoms with Gasteiger partial charge in [-0.25, -0.2) is 0 Å². The summed E-state index contributed by atoms with van der Waals surface area (Å²) in [5.74, 6) is 0.780. The van der Waals surface area contributed by atoms with Crippen molar-refractivity contribution in [1.82, 2.24) is 20.1 Å². The van der Waals surface area contributed by atoms with E-state index in [4.69, 9.17) is 0 Å². The average molecular weight is 463 g/mol. The van der Waals surface area contributed by atoms with E-state index in [0.29, 0.717) is 24.8 Å². The first-order valence-corrected chi connectivity index (χ1v) is 12.7. The van der Waals surface area contributed by atoms with E-state index in [-0.39, 0.29) is 17.4 Å². The lowest BCUT2D eigenvalue weighted by Crippen LogP contribution is -2.45. The second-order valence-corrected chi connectivity index (χ2v) is 10.4. The zero-order chi connectivity index (χ0) is 24.0. The van der Waals surface area contributed by atoms with Crippen molar-refractivity contribution in [2.45, 2.75) is 58.5 Å². The molecule has 34 heavy (non-hydrogen) atoms. The topological polar surface area (TPSA) is 65.5 Å². The molecule has 2 fully saturated rings. The Bertz CT molecular complexity index is 939. The van der Waals surface area contributed by atoms with Crippen LogP contribution in [0.5, 0.6) is 0 Å². The van der Waals surface area contributed by atoms with Crippen LogP contribution in [0, 0.1) is 11.3 Å². The van der Waals surface area contributed by atoms with Gasteiger partial charge in [0.2, 0.25) is 11.8 Å². The van der Waals surface area contributed by atoms with Gasteiger partial charge >= 0.3 is 0 Å². The van der Waals surface area contributed by atoms with E-state index in [1.807, 2.05) is 41.4 Å². The van der Waals surface area contributed by atoms with Crippen LogP contribution in [0.2, 0.25) is 0 Å². The van der Waals surface area contributed by atoms with Gasteiger partial charge in [0, 0.05) is 38.4 Å². The maximum absolute atomic E-state index is 13.3. The number of piperidine rings is 1. The molecule has 2 amide bonds. The number of nitrogens with zero attached hydrogens (tertiary/aromatic N) is 3. The summed E-state index contributed by atoms with van der Waals surface area (Å²) in [5.41, 5.74) is 2.06. The van der Waals surface area contributed by atoms with Gasteiger partial charge in [-0.3, -0.25) is 14.6 Å². The van der Waals surface area contributed by atoms with Crippen LogP contribution >= 0.6 is 0 Å². The monoisotopic (exact) mass is 462 g/mol. The smallest absolute Gasteiger partial charge is 0.229 e. The Morgan fingerprint density at radius 1 is 1.06 bits per heavy atom. The lowest BCUT2D eigenvalue weighted by Gasteiger charge is -2.38. The molecule has 6 heteroatoms. The molecule has 6 nitrogen and oxygen atoms in total. The molecule has 1 N–H and O–H groups in total. The van der Waals surface area contributed by atoms with Gasteiger partial charge < -0.3 is 15.1 Å². The highest BCUT2D eigenvalue weighted by atomic mass is 16.2. The van der Waals surface area contributed by atoms with Crippen molar-refractivity contribution >= 4 is 11.8 Å². The molecule has 1 unspecified atom stereocenters. The predicted octanol–water partition coefficient (Wildman–Crippen LogP) is 4.19. The van der Waals surface area contributed by atoms with Gasteiger partial charge in [0.1, 0.15) is 0 Å². The molecule has 1 aromatic carbocycles. The fraction of sp³-hybridized carbons (Fsp3) is 0.536. The average Bonchev–Trinajstić information content (AvgIpc) is 3.13. The number of pyridine rings is 1. The Morgan fingerprint density at radius 2 is 1.79 bits per heavy atom. The van der Waals surface area contributed by atoms with E-state index in [9.17, 15) is 9.59 Å². The van der Waals surface area contributed by atoms with E-state index in [1.54, 1.807) is 6.20 Å². The molecular weight excluding hydrogens is 424 g/mol. The van der Waals surface area contributed by atoms with Gasteiger partial charge in [0.25, 0.3) is 0 Å². The molecule has 0 saturated carbocycles. The summed E-state index contributed by atoms with van der Waals surface area (Å²) in [6.07, 6.45) is 7.84. The minimum absolute atomic E-state index is 0.0198. The third-order valence-electron chi connectivity index (χ3n) is 7.38.